The number of hydrogen-bond donors (Lipinski definition) is 2. The maximum Gasteiger partial charge on any atom is 0.123 e. The molecule has 1 aromatic heterocycles. The number of nitrogens with zero attached hydrogens (tertiary/aromatic N) is 1. The summed E-state index contributed by atoms with van der Waals surface area (Å²) in [6, 6.07) is 1.07. The molecule has 1 aliphatic carbocycles. The van der Waals surface area contributed by atoms with Crippen LogP contribution in [0.15, 0.2) is 12.4 Å². The first-order valence-corrected chi connectivity index (χ1v) is 8.08. The van der Waals surface area contributed by atoms with Crippen LogP contribution in [0.2, 0.25) is 0 Å². The van der Waals surface area contributed by atoms with Crippen molar-refractivity contribution in [2.75, 3.05) is 0 Å². The Bertz CT molecular complexity index is 334. The number of aromatic nitrogens is 2. The predicted molar refractivity (Wildman–Crippen MR) is 80.0 cm³/mol. The lowest BCUT2D eigenvalue weighted by Gasteiger charge is -2.23. The Morgan fingerprint density at radius 1 is 1.32 bits per heavy atom. The first-order valence-electron chi connectivity index (χ1n) is 8.08. The van der Waals surface area contributed by atoms with Gasteiger partial charge >= 0.3 is 0 Å². The smallest absolute Gasteiger partial charge is 0.123 e. The molecule has 0 aromatic carbocycles. The van der Waals surface area contributed by atoms with E-state index in [9.17, 15) is 0 Å². The van der Waals surface area contributed by atoms with Gasteiger partial charge in [0.05, 0.1) is 6.04 Å². The summed E-state index contributed by atoms with van der Waals surface area (Å²) >= 11 is 0. The van der Waals surface area contributed by atoms with Gasteiger partial charge in [-0.2, -0.15) is 0 Å². The number of hydrogen-bond acceptors (Lipinski definition) is 2. The Morgan fingerprint density at radius 3 is 2.89 bits per heavy atom. The number of imidazole rings is 1. The Labute approximate surface area is 117 Å². The molecule has 1 saturated carbocycles. The molecule has 0 bridgehead atoms. The molecule has 108 valence electrons. The average Bonchev–Trinajstić information content (AvgIpc) is 2.86. The van der Waals surface area contributed by atoms with Crippen molar-refractivity contribution >= 4 is 0 Å². The summed E-state index contributed by atoms with van der Waals surface area (Å²) in [5.74, 6) is 2.07. The van der Waals surface area contributed by atoms with E-state index in [-0.39, 0.29) is 0 Å². The van der Waals surface area contributed by atoms with Crippen LogP contribution in [0.3, 0.4) is 0 Å². The van der Waals surface area contributed by atoms with Gasteiger partial charge < -0.3 is 10.3 Å². The molecule has 3 heteroatoms. The lowest BCUT2D eigenvalue weighted by atomic mass is 9.95. The molecular formula is C16H29N3. The van der Waals surface area contributed by atoms with Gasteiger partial charge in [-0.3, -0.25) is 0 Å². The van der Waals surface area contributed by atoms with Crippen LogP contribution in [0, 0.1) is 5.92 Å². The normalized spacial score (nSPS) is 26.0. The maximum absolute atomic E-state index is 4.40. The topological polar surface area (TPSA) is 40.7 Å². The zero-order valence-electron chi connectivity index (χ0n) is 12.5. The maximum atomic E-state index is 4.40. The fourth-order valence-electron chi connectivity index (χ4n) is 3.38. The summed E-state index contributed by atoms with van der Waals surface area (Å²) in [7, 11) is 0. The van der Waals surface area contributed by atoms with Gasteiger partial charge in [-0.05, 0) is 31.6 Å². The van der Waals surface area contributed by atoms with Gasteiger partial charge in [-0.25, -0.2) is 4.98 Å². The van der Waals surface area contributed by atoms with Gasteiger partial charge in [0.1, 0.15) is 5.82 Å². The van der Waals surface area contributed by atoms with Gasteiger partial charge in [-0.15, -0.1) is 0 Å². The largest absolute Gasteiger partial charge is 0.347 e. The van der Waals surface area contributed by atoms with Crippen molar-refractivity contribution in [1.29, 1.82) is 0 Å². The first-order chi connectivity index (χ1) is 9.33. The van der Waals surface area contributed by atoms with E-state index in [1.165, 1.54) is 44.9 Å². The van der Waals surface area contributed by atoms with Gasteiger partial charge in [0.2, 0.25) is 0 Å². The quantitative estimate of drug-likeness (QED) is 0.755. The fraction of sp³-hybridized carbons (Fsp3) is 0.812. The Balaban J connectivity index is 1.84. The molecule has 1 heterocycles. The van der Waals surface area contributed by atoms with Crippen LogP contribution in [0.4, 0.5) is 0 Å². The van der Waals surface area contributed by atoms with Gasteiger partial charge in [0, 0.05) is 18.4 Å². The SMILES string of the molecule is CCCC1CCCC(NC(CC)c2ncc[nH]2)CC1. The number of rotatable bonds is 6. The summed E-state index contributed by atoms with van der Waals surface area (Å²) in [4.78, 5) is 7.65. The summed E-state index contributed by atoms with van der Waals surface area (Å²) in [6.45, 7) is 4.54. The minimum Gasteiger partial charge on any atom is -0.347 e. The molecular weight excluding hydrogens is 234 g/mol. The van der Waals surface area contributed by atoms with Crippen molar-refractivity contribution in [2.45, 2.75) is 77.3 Å². The second-order valence-corrected chi connectivity index (χ2v) is 5.96. The number of H-pyrrole nitrogens is 1. The molecule has 0 radical (unpaired) electrons. The predicted octanol–water partition coefficient (Wildman–Crippen LogP) is 4.20. The molecule has 0 aliphatic heterocycles. The summed E-state index contributed by atoms with van der Waals surface area (Å²) in [5.41, 5.74) is 0. The molecule has 1 fully saturated rings. The zero-order valence-corrected chi connectivity index (χ0v) is 12.5. The molecule has 19 heavy (non-hydrogen) atoms. The van der Waals surface area contributed by atoms with Crippen molar-refractivity contribution in [2.24, 2.45) is 5.92 Å². The molecule has 2 rings (SSSR count). The molecule has 3 nitrogen and oxygen atoms in total. The number of nitrogens with one attached hydrogen (secondary N) is 2. The van der Waals surface area contributed by atoms with Crippen molar-refractivity contribution in [3.63, 3.8) is 0 Å². The molecule has 2 N–H and O–H groups in total. The summed E-state index contributed by atoms with van der Waals surface area (Å²) < 4.78 is 0. The standard InChI is InChI=1S/C16H29N3/c1-3-6-13-7-5-8-14(10-9-13)19-15(4-2)16-17-11-12-18-16/h11-15,19H,3-10H2,1-2H3,(H,17,18). The summed E-state index contributed by atoms with van der Waals surface area (Å²) in [6.07, 6.45) is 14.5. The van der Waals surface area contributed by atoms with Crippen LogP contribution in [0.25, 0.3) is 0 Å². The van der Waals surface area contributed by atoms with E-state index in [1.54, 1.807) is 0 Å². The first kappa shape index (κ1) is 14.6. The molecule has 1 aliphatic rings. The van der Waals surface area contributed by atoms with Gasteiger partial charge in [0.15, 0.2) is 0 Å². The van der Waals surface area contributed by atoms with E-state index >= 15 is 0 Å². The van der Waals surface area contributed by atoms with E-state index in [1.807, 2.05) is 12.4 Å². The van der Waals surface area contributed by atoms with Crippen LogP contribution < -0.4 is 5.32 Å². The average molecular weight is 263 g/mol. The van der Waals surface area contributed by atoms with Gasteiger partial charge in [-0.1, -0.05) is 39.5 Å². The van der Waals surface area contributed by atoms with Crippen molar-refractivity contribution in [1.82, 2.24) is 15.3 Å². The fourth-order valence-corrected chi connectivity index (χ4v) is 3.38. The minimum atomic E-state index is 0.391. The molecule has 0 saturated heterocycles. The Morgan fingerprint density at radius 2 is 2.21 bits per heavy atom. The van der Waals surface area contributed by atoms with Crippen LogP contribution in [-0.2, 0) is 0 Å². The van der Waals surface area contributed by atoms with Crippen LogP contribution >= 0.6 is 0 Å². The lowest BCUT2D eigenvalue weighted by molar-refractivity contribution is 0.371. The molecule has 0 spiro atoms. The third-order valence-corrected chi connectivity index (χ3v) is 4.48. The van der Waals surface area contributed by atoms with E-state index in [4.69, 9.17) is 0 Å². The summed E-state index contributed by atoms with van der Waals surface area (Å²) in [5, 5.41) is 3.82. The van der Waals surface area contributed by atoms with E-state index in [2.05, 4.69) is 29.1 Å². The van der Waals surface area contributed by atoms with Crippen molar-refractivity contribution < 1.29 is 0 Å². The van der Waals surface area contributed by atoms with E-state index in [0.29, 0.717) is 12.1 Å². The van der Waals surface area contributed by atoms with Crippen LogP contribution in [0.1, 0.15) is 77.1 Å². The highest BCUT2D eigenvalue weighted by molar-refractivity contribution is 4.96. The van der Waals surface area contributed by atoms with E-state index < -0.39 is 0 Å². The molecule has 1 aromatic rings. The lowest BCUT2D eigenvalue weighted by Crippen LogP contribution is -2.32. The third kappa shape index (κ3) is 4.34. The molecule has 0 amide bonds. The number of aromatic amines is 1. The minimum absolute atomic E-state index is 0.391. The highest BCUT2D eigenvalue weighted by Gasteiger charge is 2.21. The van der Waals surface area contributed by atoms with Crippen LogP contribution in [0.5, 0.6) is 0 Å². The van der Waals surface area contributed by atoms with Gasteiger partial charge in [0.25, 0.3) is 0 Å². The molecule has 3 unspecified atom stereocenters. The second-order valence-electron chi connectivity index (χ2n) is 5.96. The molecule has 3 atom stereocenters. The monoisotopic (exact) mass is 263 g/mol. The van der Waals surface area contributed by atoms with Crippen LogP contribution in [-0.4, -0.2) is 16.0 Å². The van der Waals surface area contributed by atoms with E-state index in [0.717, 1.165) is 18.2 Å². The Hall–Kier alpha value is -0.830. The zero-order chi connectivity index (χ0) is 13.5. The highest BCUT2D eigenvalue weighted by Crippen LogP contribution is 2.28. The highest BCUT2D eigenvalue weighted by atomic mass is 15.0. The second kappa shape index (κ2) is 7.68. The van der Waals surface area contributed by atoms with Crippen molar-refractivity contribution in [3.05, 3.63) is 18.2 Å². The third-order valence-electron chi connectivity index (χ3n) is 4.48. The van der Waals surface area contributed by atoms with Crippen molar-refractivity contribution in [3.8, 4) is 0 Å². The Kier molecular flexibility index (Phi) is 5.90.